The summed E-state index contributed by atoms with van der Waals surface area (Å²) in [6.45, 7) is 4.47. The molecule has 0 unspecified atom stereocenters. The number of aliphatic hydroxyl groups excluding tert-OH is 1. The number of benzene rings is 3. The third kappa shape index (κ3) is 2.96. The van der Waals surface area contributed by atoms with Crippen molar-refractivity contribution in [3.8, 4) is 21.6 Å². The minimum Gasteiger partial charge on any atom is -0.392 e. The third-order valence-corrected chi connectivity index (χ3v) is 6.38. The summed E-state index contributed by atoms with van der Waals surface area (Å²) in [5, 5.41) is 12.7. The van der Waals surface area contributed by atoms with E-state index in [2.05, 4.69) is 80.6 Å². The average molecular weight is 359 g/mol. The van der Waals surface area contributed by atoms with Crippen molar-refractivity contribution >= 4 is 22.1 Å². The number of hydrogen-bond acceptors (Lipinski definition) is 2. The summed E-state index contributed by atoms with van der Waals surface area (Å²) in [6.07, 6.45) is 0. The van der Waals surface area contributed by atoms with Crippen LogP contribution in [0.5, 0.6) is 0 Å². The molecule has 0 radical (unpaired) electrons. The van der Waals surface area contributed by atoms with Gasteiger partial charge in [0.2, 0.25) is 0 Å². The minimum absolute atomic E-state index is 0.0685. The zero-order chi connectivity index (χ0) is 18.1. The quantitative estimate of drug-likeness (QED) is 0.423. The van der Waals surface area contributed by atoms with Crippen LogP contribution < -0.4 is 0 Å². The standard InChI is InChI=1S/C24H22OS/c1-16(2)23-21(15-25)22(24(26-23)18-9-4-3-5-10-18)20-13-12-17-8-6-7-11-19(17)14-20/h3-14,16,25H,15H2,1-2H3. The van der Waals surface area contributed by atoms with Gasteiger partial charge in [-0.3, -0.25) is 0 Å². The molecule has 4 rings (SSSR count). The Morgan fingerprint density at radius 2 is 1.50 bits per heavy atom. The Hall–Kier alpha value is -2.42. The van der Waals surface area contributed by atoms with Gasteiger partial charge in [-0.15, -0.1) is 11.3 Å². The van der Waals surface area contributed by atoms with Crippen LogP contribution in [0.25, 0.3) is 32.3 Å². The molecule has 130 valence electrons. The van der Waals surface area contributed by atoms with Gasteiger partial charge in [-0.1, -0.05) is 80.6 Å². The highest BCUT2D eigenvalue weighted by Gasteiger charge is 2.21. The molecule has 1 aromatic heterocycles. The van der Waals surface area contributed by atoms with Gasteiger partial charge >= 0.3 is 0 Å². The van der Waals surface area contributed by atoms with E-state index in [-0.39, 0.29) is 6.61 Å². The Bertz CT molecular complexity index is 1040. The van der Waals surface area contributed by atoms with Crippen molar-refractivity contribution in [1.29, 1.82) is 0 Å². The second-order valence-electron chi connectivity index (χ2n) is 6.89. The molecule has 0 aliphatic heterocycles. The molecule has 2 heteroatoms. The molecule has 3 aromatic carbocycles. The number of hydrogen-bond donors (Lipinski definition) is 1. The summed E-state index contributed by atoms with van der Waals surface area (Å²) in [7, 11) is 0. The van der Waals surface area contributed by atoms with E-state index in [1.165, 1.54) is 37.2 Å². The van der Waals surface area contributed by atoms with Crippen molar-refractivity contribution in [1.82, 2.24) is 0 Å². The first-order valence-electron chi connectivity index (χ1n) is 9.00. The topological polar surface area (TPSA) is 20.2 Å². The van der Waals surface area contributed by atoms with Gasteiger partial charge in [0.1, 0.15) is 0 Å². The number of rotatable bonds is 4. The van der Waals surface area contributed by atoms with Gasteiger partial charge in [0.25, 0.3) is 0 Å². The predicted octanol–water partition coefficient (Wildman–Crippen LogP) is 6.85. The van der Waals surface area contributed by atoms with E-state index in [1.54, 1.807) is 0 Å². The number of fused-ring (bicyclic) bond motifs is 1. The minimum atomic E-state index is 0.0685. The normalized spacial score (nSPS) is 11.4. The van der Waals surface area contributed by atoms with E-state index in [0.29, 0.717) is 5.92 Å². The van der Waals surface area contributed by atoms with E-state index in [1.807, 2.05) is 17.4 Å². The van der Waals surface area contributed by atoms with Crippen molar-refractivity contribution in [2.75, 3.05) is 0 Å². The van der Waals surface area contributed by atoms with E-state index < -0.39 is 0 Å². The average Bonchev–Trinajstić information content (AvgIpc) is 3.08. The van der Waals surface area contributed by atoms with Crippen LogP contribution in [0.1, 0.15) is 30.2 Å². The van der Waals surface area contributed by atoms with E-state index in [4.69, 9.17) is 0 Å². The fourth-order valence-corrected chi connectivity index (χ4v) is 4.89. The number of thiophene rings is 1. The largest absolute Gasteiger partial charge is 0.392 e. The fraction of sp³-hybridized carbons (Fsp3) is 0.167. The zero-order valence-electron chi connectivity index (χ0n) is 15.1. The highest BCUT2D eigenvalue weighted by molar-refractivity contribution is 7.16. The monoisotopic (exact) mass is 358 g/mol. The molecule has 0 atom stereocenters. The van der Waals surface area contributed by atoms with Gasteiger partial charge in [0.05, 0.1) is 6.61 Å². The predicted molar refractivity (Wildman–Crippen MR) is 113 cm³/mol. The summed E-state index contributed by atoms with van der Waals surface area (Å²) in [6, 6.07) is 25.5. The smallest absolute Gasteiger partial charge is 0.0699 e. The maximum atomic E-state index is 10.2. The molecule has 1 nitrogen and oxygen atoms in total. The molecular weight excluding hydrogens is 336 g/mol. The lowest BCUT2D eigenvalue weighted by Crippen LogP contribution is -1.93. The van der Waals surface area contributed by atoms with Crippen molar-refractivity contribution in [2.24, 2.45) is 0 Å². The Morgan fingerprint density at radius 1 is 0.808 bits per heavy atom. The lowest BCUT2D eigenvalue weighted by molar-refractivity contribution is 0.281. The highest BCUT2D eigenvalue weighted by Crippen LogP contribution is 2.46. The SMILES string of the molecule is CC(C)c1sc(-c2ccccc2)c(-c2ccc3ccccc3c2)c1CO. The van der Waals surface area contributed by atoms with Crippen LogP contribution in [0.3, 0.4) is 0 Å². The lowest BCUT2D eigenvalue weighted by Gasteiger charge is -2.10. The van der Waals surface area contributed by atoms with Gasteiger partial charge < -0.3 is 5.11 Å². The number of aliphatic hydroxyl groups is 1. The van der Waals surface area contributed by atoms with Crippen LogP contribution in [0.4, 0.5) is 0 Å². The zero-order valence-corrected chi connectivity index (χ0v) is 15.9. The Morgan fingerprint density at radius 3 is 2.19 bits per heavy atom. The van der Waals surface area contributed by atoms with Gasteiger partial charge in [-0.2, -0.15) is 0 Å². The Kier molecular flexibility index (Phi) is 4.62. The molecule has 0 fully saturated rings. The van der Waals surface area contributed by atoms with E-state index >= 15 is 0 Å². The molecule has 0 bridgehead atoms. The molecule has 0 saturated carbocycles. The van der Waals surface area contributed by atoms with Crippen LogP contribution >= 0.6 is 11.3 Å². The summed E-state index contributed by atoms with van der Waals surface area (Å²) < 4.78 is 0. The molecule has 0 amide bonds. The molecule has 26 heavy (non-hydrogen) atoms. The first-order valence-corrected chi connectivity index (χ1v) is 9.81. The first-order chi connectivity index (χ1) is 12.7. The van der Waals surface area contributed by atoms with Crippen molar-refractivity contribution < 1.29 is 5.11 Å². The van der Waals surface area contributed by atoms with Gasteiger partial charge in [0, 0.05) is 20.9 Å². The van der Waals surface area contributed by atoms with Crippen molar-refractivity contribution in [3.63, 3.8) is 0 Å². The summed E-state index contributed by atoms with van der Waals surface area (Å²) in [5.74, 6) is 0.388. The highest BCUT2D eigenvalue weighted by atomic mass is 32.1. The fourth-order valence-electron chi connectivity index (χ4n) is 3.55. The molecular formula is C24H22OS. The van der Waals surface area contributed by atoms with E-state index in [0.717, 1.165) is 5.56 Å². The van der Waals surface area contributed by atoms with Crippen LogP contribution in [0.2, 0.25) is 0 Å². The third-order valence-electron chi connectivity index (χ3n) is 4.79. The second kappa shape index (κ2) is 7.06. The van der Waals surface area contributed by atoms with Gasteiger partial charge in [0.15, 0.2) is 0 Å². The van der Waals surface area contributed by atoms with Crippen LogP contribution in [-0.4, -0.2) is 5.11 Å². The van der Waals surface area contributed by atoms with Gasteiger partial charge in [-0.25, -0.2) is 0 Å². The van der Waals surface area contributed by atoms with Crippen molar-refractivity contribution in [3.05, 3.63) is 83.2 Å². The molecule has 0 aliphatic rings. The second-order valence-corrected chi connectivity index (χ2v) is 7.94. The van der Waals surface area contributed by atoms with Crippen LogP contribution in [0, 0.1) is 0 Å². The summed E-state index contributed by atoms with van der Waals surface area (Å²) in [4.78, 5) is 2.52. The molecule has 0 saturated heterocycles. The Balaban J connectivity index is 2.01. The molecule has 0 spiro atoms. The van der Waals surface area contributed by atoms with Crippen molar-refractivity contribution in [2.45, 2.75) is 26.4 Å². The summed E-state index contributed by atoms with van der Waals surface area (Å²) >= 11 is 1.81. The first kappa shape index (κ1) is 17.0. The molecule has 1 N–H and O–H groups in total. The maximum Gasteiger partial charge on any atom is 0.0699 e. The maximum absolute atomic E-state index is 10.2. The lowest BCUT2D eigenvalue weighted by atomic mass is 9.94. The van der Waals surface area contributed by atoms with Crippen LogP contribution in [0.15, 0.2) is 72.8 Å². The van der Waals surface area contributed by atoms with Crippen LogP contribution in [-0.2, 0) is 6.61 Å². The Labute approximate surface area is 158 Å². The molecule has 1 heterocycles. The summed E-state index contributed by atoms with van der Waals surface area (Å²) in [5.41, 5.74) is 4.63. The van der Waals surface area contributed by atoms with Gasteiger partial charge in [-0.05, 0) is 33.9 Å². The molecule has 0 aliphatic carbocycles. The van der Waals surface area contributed by atoms with E-state index in [9.17, 15) is 5.11 Å². The molecule has 4 aromatic rings.